The van der Waals surface area contributed by atoms with Crippen molar-refractivity contribution < 1.29 is 9.53 Å². The average Bonchev–Trinajstić information content (AvgIpc) is 3.22. The fraction of sp³-hybridized carbons (Fsp3) is 0.320. The Morgan fingerprint density at radius 1 is 1.09 bits per heavy atom. The maximum atomic E-state index is 12.5. The molecule has 0 amide bonds. The molecule has 2 aromatic heterocycles. The molecule has 1 aliphatic rings. The number of para-hydroxylation sites is 1. The van der Waals surface area contributed by atoms with E-state index in [-0.39, 0.29) is 24.6 Å². The number of aromatic nitrogens is 2. The zero-order chi connectivity index (χ0) is 22.8. The molecule has 0 radical (unpaired) electrons. The summed E-state index contributed by atoms with van der Waals surface area (Å²) in [5, 5.41) is 3.95. The van der Waals surface area contributed by atoms with Gasteiger partial charge in [-0.3, -0.25) is 9.78 Å². The largest absolute Gasteiger partial charge is 0.465 e. The predicted molar refractivity (Wildman–Crippen MR) is 129 cm³/mol. The molecule has 6 nitrogen and oxygen atoms in total. The number of benzene rings is 1. The predicted octanol–water partition coefficient (Wildman–Crippen LogP) is 4.33. The highest BCUT2D eigenvalue weighted by Gasteiger charge is 2.43. The minimum atomic E-state index is -0.294. The third-order valence-electron chi connectivity index (χ3n) is 6.12. The van der Waals surface area contributed by atoms with Gasteiger partial charge in [-0.2, -0.15) is 0 Å². The van der Waals surface area contributed by atoms with E-state index in [2.05, 4.69) is 47.8 Å². The molecule has 1 fully saturated rings. The highest BCUT2D eigenvalue weighted by Crippen LogP contribution is 2.43. The molecule has 2 atom stereocenters. The number of rotatable bonds is 6. The van der Waals surface area contributed by atoms with E-state index in [1.807, 2.05) is 48.2 Å². The lowest BCUT2D eigenvalue weighted by Gasteiger charge is -2.28. The van der Waals surface area contributed by atoms with Gasteiger partial charge in [0, 0.05) is 28.8 Å². The highest BCUT2D eigenvalue weighted by atomic mass is 32.1. The standard InChI is InChI=1S/C25H28N4O2S/c1-5-31-21(30)15-28-24(23(27-25(28)32)20-13-9-10-14-26-20)22-16(2)17(3)29(18(22)4)19-11-7-6-8-12-19/h6-14,23-24H,5,15H2,1-4H3,(H,27,32)/t23-,24+/m1/s1. The van der Waals surface area contributed by atoms with Crippen molar-refractivity contribution in [1.82, 2.24) is 19.8 Å². The van der Waals surface area contributed by atoms with E-state index in [4.69, 9.17) is 17.0 Å². The van der Waals surface area contributed by atoms with E-state index >= 15 is 0 Å². The molecule has 3 heterocycles. The van der Waals surface area contributed by atoms with E-state index in [0.717, 1.165) is 28.3 Å². The van der Waals surface area contributed by atoms with E-state index in [1.165, 1.54) is 5.56 Å². The van der Waals surface area contributed by atoms with Crippen molar-refractivity contribution >= 4 is 23.3 Å². The lowest BCUT2D eigenvalue weighted by Crippen LogP contribution is -2.35. The Bertz CT molecular complexity index is 1130. The summed E-state index contributed by atoms with van der Waals surface area (Å²) in [6.07, 6.45) is 1.78. The molecule has 32 heavy (non-hydrogen) atoms. The molecule has 0 aliphatic carbocycles. The Morgan fingerprint density at radius 3 is 2.47 bits per heavy atom. The third-order valence-corrected chi connectivity index (χ3v) is 6.47. The monoisotopic (exact) mass is 448 g/mol. The molecular weight excluding hydrogens is 420 g/mol. The lowest BCUT2D eigenvalue weighted by molar-refractivity contribution is -0.143. The molecule has 3 aromatic rings. The van der Waals surface area contributed by atoms with Gasteiger partial charge < -0.3 is 19.5 Å². The number of nitrogens with one attached hydrogen (secondary N) is 1. The van der Waals surface area contributed by atoms with Crippen LogP contribution in [0, 0.1) is 20.8 Å². The van der Waals surface area contributed by atoms with Crippen molar-refractivity contribution in [2.75, 3.05) is 13.2 Å². The Labute approximate surface area is 194 Å². The fourth-order valence-electron chi connectivity index (χ4n) is 4.64. The summed E-state index contributed by atoms with van der Waals surface area (Å²) >= 11 is 5.69. The maximum absolute atomic E-state index is 12.5. The van der Waals surface area contributed by atoms with E-state index in [1.54, 1.807) is 6.20 Å². The van der Waals surface area contributed by atoms with Gasteiger partial charge in [-0.15, -0.1) is 0 Å². The van der Waals surface area contributed by atoms with Crippen LogP contribution >= 0.6 is 12.2 Å². The van der Waals surface area contributed by atoms with Crippen molar-refractivity contribution in [3.8, 4) is 5.69 Å². The number of thiocarbonyl (C=S) groups is 1. The number of nitrogens with zero attached hydrogens (tertiary/aromatic N) is 3. The van der Waals surface area contributed by atoms with Crippen molar-refractivity contribution in [1.29, 1.82) is 0 Å². The van der Waals surface area contributed by atoms with Crippen molar-refractivity contribution in [2.24, 2.45) is 0 Å². The Balaban J connectivity index is 1.86. The number of hydrogen-bond donors (Lipinski definition) is 1. The van der Waals surface area contributed by atoms with Crippen LogP contribution < -0.4 is 5.32 Å². The van der Waals surface area contributed by atoms with E-state index in [0.29, 0.717) is 11.7 Å². The van der Waals surface area contributed by atoms with Gasteiger partial charge in [-0.1, -0.05) is 24.3 Å². The number of esters is 1. The molecule has 0 saturated carbocycles. The minimum Gasteiger partial charge on any atom is -0.465 e. The average molecular weight is 449 g/mol. The number of carbonyl (C=O) groups is 1. The van der Waals surface area contributed by atoms with Crippen LogP contribution in [-0.4, -0.2) is 38.7 Å². The summed E-state index contributed by atoms with van der Waals surface area (Å²) < 4.78 is 7.52. The van der Waals surface area contributed by atoms with Gasteiger partial charge in [0.15, 0.2) is 5.11 Å². The Hall–Kier alpha value is -3.19. The smallest absolute Gasteiger partial charge is 0.325 e. The summed E-state index contributed by atoms with van der Waals surface area (Å²) in [5.41, 5.74) is 6.61. The lowest BCUT2D eigenvalue weighted by atomic mass is 9.93. The topological polar surface area (TPSA) is 59.4 Å². The zero-order valence-electron chi connectivity index (χ0n) is 18.8. The van der Waals surface area contributed by atoms with Gasteiger partial charge in [0.25, 0.3) is 0 Å². The van der Waals surface area contributed by atoms with Crippen LogP contribution in [0.3, 0.4) is 0 Å². The maximum Gasteiger partial charge on any atom is 0.325 e. The molecule has 4 rings (SSSR count). The van der Waals surface area contributed by atoms with Crippen LogP contribution in [0.1, 0.15) is 47.2 Å². The summed E-state index contributed by atoms with van der Waals surface area (Å²) in [6.45, 7) is 8.62. The van der Waals surface area contributed by atoms with Crippen molar-refractivity contribution in [2.45, 2.75) is 39.8 Å². The summed E-state index contributed by atoms with van der Waals surface area (Å²) in [7, 11) is 0. The van der Waals surface area contributed by atoms with Gasteiger partial charge in [-0.05, 0) is 69.7 Å². The second-order valence-electron chi connectivity index (χ2n) is 7.94. The molecule has 0 unspecified atom stereocenters. The second kappa shape index (κ2) is 9.12. The molecule has 1 saturated heterocycles. The summed E-state index contributed by atoms with van der Waals surface area (Å²) in [4.78, 5) is 19.0. The molecule has 0 spiro atoms. The molecule has 7 heteroatoms. The Morgan fingerprint density at radius 2 is 1.81 bits per heavy atom. The highest BCUT2D eigenvalue weighted by molar-refractivity contribution is 7.80. The summed E-state index contributed by atoms with van der Waals surface area (Å²) in [6, 6.07) is 15.8. The molecule has 1 aliphatic heterocycles. The van der Waals surface area contributed by atoms with Crippen LogP contribution in [0.15, 0.2) is 54.7 Å². The van der Waals surface area contributed by atoms with Crippen LogP contribution in [0.2, 0.25) is 0 Å². The fourth-order valence-corrected chi connectivity index (χ4v) is 4.95. The van der Waals surface area contributed by atoms with E-state index in [9.17, 15) is 4.79 Å². The van der Waals surface area contributed by atoms with Crippen LogP contribution in [-0.2, 0) is 9.53 Å². The molecule has 166 valence electrons. The van der Waals surface area contributed by atoms with E-state index < -0.39 is 0 Å². The number of hydrogen-bond acceptors (Lipinski definition) is 4. The van der Waals surface area contributed by atoms with Crippen LogP contribution in [0.5, 0.6) is 0 Å². The van der Waals surface area contributed by atoms with Gasteiger partial charge in [-0.25, -0.2) is 0 Å². The summed E-state index contributed by atoms with van der Waals surface area (Å²) in [5.74, 6) is -0.294. The first kappa shape index (κ1) is 22.0. The quantitative estimate of drug-likeness (QED) is 0.447. The molecule has 1 aromatic carbocycles. The first-order valence-electron chi connectivity index (χ1n) is 10.8. The first-order chi connectivity index (χ1) is 15.4. The number of pyridine rings is 1. The first-order valence-corrected chi connectivity index (χ1v) is 11.2. The van der Waals surface area contributed by atoms with Gasteiger partial charge >= 0.3 is 5.97 Å². The minimum absolute atomic E-state index is 0.0854. The van der Waals surface area contributed by atoms with Gasteiger partial charge in [0.2, 0.25) is 0 Å². The van der Waals surface area contributed by atoms with Crippen molar-refractivity contribution in [3.05, 3.63) is 82.9 Å². The van der Waals surface area contributed by atoms with Gasteiger partial charge in [0.1, 0.15) is 6.54 Å². The van der Waals surface area contributed by atoms with Crippen LogP contribution in [0.25, 0.3) is 5.69 Å². The van der Waals surface area contributed by atoms with Crippen LogP contribution in [0.4, 0.5) is 0 Å². The number of ether oxygens (including phenoxy) is 1. The zero-order valence-corrected chi connectivity index (χ0v) is 19.6. The molecular formula is C25H28N4O2S. The van der Waals surface area contributed by atoms with Crippen molar-refractivity contribution in [3.63, 3.8) is 0 Å². The normalized spacial score (nSPS) is 18.0. The Kier molecular flexibility index (Phi) is 6.28. The molecule has 0 bridgehead atoms. The van der Waals surface area contributed by atoms with Gasteiger partial charge in [0.05, 0.1) is 24.4 Å². The molecule has 1 N–H and O–H groups in total. The SMILES string of the molecule is CCOC(=O)CN1C(=S)N[C@H](c2ccccn2)[C@@H]1c1c(C)c(C)n(-c2ccccc2)c1C. The third kappa shape index (κ3) is 3.88. The second-order valence-corrected chi connectivity index (χ2v) is 8.33. The number of carbonyl (C=O) groups excluding carboxylic acids is 1.